The predicted molar refractivity (Wildman–Crippen MR) is 128 cm³/mol. The lowest BCUT2D eigenvalue weighted by Gasteiger charge is -2.33. The van der Waals surface area contributed by atoms with Gasteiger partial charge in [0, 0.05) is 12.6 Å². The highest BCUT2D eigenvalue weighted by Crippen LogP contribution is 2.19. The molecule has 0 saturated heterocycles. The highest BCUT2D eigenvalue weighted by atomic mass is 32.2. The molecule has 1 atom stereocenters. The van der Waals surface area contributed by atoms with Crippen molar-refractivity contribution in [1.29, 1.82) is 0 Å². The third-order valence-corrected chi connectivity index (χ3v) is 6.12. The maximum atomic E-state index is 13.5. The van der Waals surface area contributed by atoms with Crippen LogP contribution >= 0.6 is 0 Å². The number of para-hydroxylation sites is 1. The van der Waals surface area contributed by atoms with Gasteiger partial charge >= 0.3 is 0 Å². The quantitative estimate of drug-likeness (QED) is 0.592. The van der Waals surface area contributed by atoms with E-state index in [4.69, 9.17) is 0 Å². The second-order valence-electron chi connectivity index (χ2n) is 8.20. The Morgan fingerprint density at radius 2 is 1.69 bits per heavy atom. The van der Waals surface area contributed by atoms with Crippen molar-refractivity contribution in [2.75, 3.05) is 17.1 Å². The lowest BCUT2D eigenvalue weighted by molar-refractivity contribution is -0.140. The first-order chi connectivity index (χ1) is 15.0. The molecule has 0 aliphatic heterocycles. The van der Waals surface area contributed by atoms with Crippen LogP contribution in [0.15, 0.2) is 54.6 Å². The normalized spacial score (nSPS) is 12.3. The van der Waals surface area contributed by atoms with Crippen LogP contribution in [0, 0.1) is 6.92 Å². The maximum Gasteiger partial charge on any atom is 0.244 e. The highest BCUT2D eigenvalue weighted by Gasteiger charge is 2.31. The van der Waals surface area contributed by atoms with Crippen molar-refractivity contribution < 1.29 is 18.0 Å². The summed E-state index contributed by atoms with van der Waals surface area (Å²) in [7, 11) is -3.71. The van der Waals surface area contributed by atoms with Crippen LogP contribution in [0.4, 0.5) is 5.69 Å². The fraction of sp³-hybridized carbons (Fsp3) is 0.417. The van der Waals surface area contributed by atoms with Gasteiger partial charge in [0.25, 0.3) is 0 Å². The number of aryl methyl sites for hydroxylation is 1. The molecule has 2 amide bonds. The summed E-state index contributed by atoms with van der Waals surface area (Å²) in [5.74, 6) is -0.694. The van der Waals surface area contributed by atoms with Crippen molar-refractivity contribution in [2.24, 2.45) is 0 Å². The second-order valence-corrected chi connectivity index (χ2v) is 10.1. The number of hydrogen-bond donors (Lipinski definition) is 1. The molecule has 8 heteroatoms. The summed E-state index contributed by atoms with van der Waals surface area (Å²) >= 11 is 0. The van der Waals surface area contributed by atoms with E-state index in [1.807, 2.05) is 52.0 Å². The number of carbonyl (C=O) groups is 2. The Bertz CT molecular complexity index is 1020. The average Bonchev–Trinajstić information content (AvgIpc) is 2.71. The third kappa shape index (κ3) is 7.09. The molecule has 0 unspecified atom stereocenters. The SMILES string of the molecule is CC[C@H](C(=O)NC(C)C)N(Cc1cccc(C)c1)C(=O)CN(c1ccccc1)S(C)(=O)=O. The summed E-state index contributed by atoms with van der Waals surface area (Å²) in [4.78, 5) is 27.9. The van der Waals surface area contributed by atoms with Gasteiger partial charge < -0.3 is 10.2 Å². The van der Waals surface area contributed by atoms with Crippen LogP contribution in [-0.4, -0.2) is 50.0 Å². The van der Waals surface area contributed by atoms with Crippen LogP contribution in [0.1, 0.15) is 38.3 Å². The maximum absolute atomic E-state index is 13.5. The number of sulfonamides is 1. The van der Waals surface area contributed by atoms with Crippen molar-refractivity contribution in [3.8, 4) is 0 Å². The fourth-order valence-electron chi connectivity index (χ4n) is 3.52. The standard InChI is InChI=1S/C24H33N3O4S/c1-6-22(24(29)25-18(2)3)26(16-20-12-10-11-19(4)15-20)23(28)17-27(32(5,30)31)21-13-8-7-9-14-21/h7-15,18,22H,6,16-17H2,1-5H3,(H,25,29)/t22-/m1/s1. The Morgan fingerprint density at radius 1 is 1.03 bits per heavy atom. The van der Waals surface area contributed by atoms with Crippen molar-refractivity contribution in [3.63, 3.8) is 0 Å². The molecular formula is C24H33N3O4S. The summed E-state index contributed by atoms with van der Waals surface area (Å²) in [5, 5.41) is 2.88. The van der Waals surface area contributed by atoms with E-state index in [1.165, 1.54) is 4.90 Å². The topological polar surface area (TPSA) is 86.8 Å². The molecule has 2 aromatic carbocycles. The fourth-order valence-corrected chi connectivity index (χ4v) is 4.36. The van der Waals surface area contributed by atoms with Gasteiger partial charge in [0.2, 0.25) is 21.8 Å². The Labute approximate surface area is 191 Å². The van der Waals surface area contributed by atoms with Crippen LogP contribution in [0.25, 0.3) is 0 Å². The Morgan fingerprint density at radius 3 is 2.22 bits per heavy atom. The molecule has 0 radical (unpaired) electrons. The van der Waals surface area contributed by atoms with Crippen LogP contribution in [0.2, 0.25) is 0 Å². The number of benzene rings is 2. The van der Waals surface area contributed by atoms with Gasteiger partial charge in [-0.2, -0.15) is 0 Å². The summed E-state index contributed by atoms with van der Waals surface area (Å²) in [5.41, 5.74) is 2.31. The summed E-state index contributed by atoms with van der Waals surface area (Å²) < 4.78 is 26.1. The first-order valence-corrected chi connectivity index (χ1v) is 12.6. The molecule has 0 bridgehead atoms. The van der Waals surface area contributed by atoms with E-state index in [-0.39, 0.29) is 25.0 Å². The first-order valence-electron chi connectivity index (χ1n) is 10.7. The Hall–Kier alpha value is -2.87. The lowest BCUT2D eigenvalue weighted by Crippen LogP contribution is -2.53. The number of carbonyl (C=O) groups excluding carboxylic acids is 2. The van der Waals surface area contributed by atoms with Crippen LogP contribution in [0.5, 0.6) is 0 Å². The van der Waals surface area contributed by atoms with Crippen molar-refractivity contribution in [3.05, 3.63) is 65.7 Å². The molecule has 0 spiro atoms. The van der Waals surface area contributed by atoms with Crippen molar-refractivity contribution in [2.45, 2.75) is 52.7 Å². The molecule has 7 nitrogen and oxygen atoms in total. The molecular weight excluding hydrogens is 426 g/mol. The van der Waals surface area contributed by atoms with Gasteiger partial charge in [0.05, 0.1) is 11.9 Å². The first kappa shape index (κ1) is 25.4. The van der Waals surface area contributed by atoms with E-state index in [2.05, 4.69) is 5.32 Å². The predicted octanol–water partition coefficient (Wildman–Crippen LogP) is 3.09. The Kier molecular flexibility index (Phi) is 8.83. The second kappa shape index (κ2) is 11.1. The van der Waals surface area contributed by atoms with E-state index in [0.29, 0.717) is 12.1 Å². The molecule has 2 aromatic rings. The largest absolute Gasteiger partial charge is 0.352 e. The zero-order valence-electron chi connectivity index (χ0n) is 19.4. The molecule has 0 aliphatic carbocycles. The zero-order chi connectivity index (χ0) is 23.9. The molecule has 0 saturated carbocycles. The molecule has 2 rings (SSSR count). The lowest BCUT2D eigenvalue weighted by atomic mass is 10.1. The molecule has 174 valence electrons. The van der Waals surface area contributed by atoms with E-state index >= 15 is 0 Å². The summed E-state index contributed by atoms with van der Waals surface area (Å²) in [6.07, 6.45) is 1.47. The number of rotatable bonds is 10. The van der Waals surface area contributed by atoms with E-state index in [9.17, 15) is 18.0 Å². The minimum Gasteiger partial charge on any atom is -0.352 e. The van der Waals surface area contributed by atoms with Gasteiger partial charge in [-0.15, -0.1) is 0 Å². The van der Waals surface area contributed by atoms with Crippen LogP contribution in [0.3, 0.4) is 0 Å². The van der Waals surface area contributed by atoms with Gasteiger partial charge in [-0.25, -0.2) is 8.42 Å². The number of nitrogens with one attached hydrogen (secondary N) is 1. The van der Waals surface area contributed by atoms with Crippen molar-refractivity contribution >= 4 is 27.5 Å². The molecule has 0 aliphatic rings. The highest BCUT2D eigenvalue weighted by molar-refractivity contribution is 7.92. The van der Waals surface area contributed by atoms with Gasteiger partial charge in [0.15, 0.2) is 0 Å². The van der Waals surface area contributed by atoms with E-state index in [1.54, 1.807) is 30.3 Å². The molecule has 0 heterocycles. The zero-order valence-corrected chi connectivity index (χ0v) is 20.2. The summed E-state index contributed by atoms with van der Waals surface area (Å²) in [6.45, 7) is 7.33. The summed E-state index contributed by atoms with van der Waals surface area (Å²) in [6, 6.07) is 15.4. The average molecular weight is 460 g/mol. The molecule has 0 aromatic heterocycles. The third-order valence-electron chi connectivity index (χ3n) is 4.98. The van der Waals surface area contributed by atoms with Crippen molar-refractivity contribution in [1.82, 2.24) is 10.2 Å². The van der Waals surface area contributed by atoms with Gasteiger partial charge in [-0.1, -0.05) is 55.0 Å². The number of anilines is 1. The van der Waals surface area contributed by atoms with Gasteiger partial charge in [-0.3, -0.25) is 13.9 Å². The number of nitrogens with zero attached hydrogens (tertiary/aromatic N) is 2. The van der Waals surface area contributed by atoms with E-state index in [0.717, 1.165) is 21.7 Å². The molecule has 1 N–H and O–H groups in total. The van der Waals surface area contributed by atoms with Gasteiger partial charge in [0.1, 0.15) is 12.6 Å². The number of amides is 2. The minimum absolute atomic E-state index is 0.0793. The monoisotopic (exact) mass is 459 g/mol. The molecule has 0 fully saturated rings. The Balaban J connectivity index is 2.42. The van der Waals surface area contributed by atoms with Gasteiger partial charge in [-0.05, 0) is 44.9 Å². The van der Waals surface area contributed by atoms with Crippen LogP contribution in [-0.2, 0) is 26.2 Å². The van der Waals surface area contributed by atoms with E-state index < -0.39 is 22.0 Å². The number of hydrogen-bond acceptors (Lipinski definition) is 4. The smallest absolute Gasteiger partial charge is 0.244 e. The minimum atomic E-state index is -3.71. The van der Waals surface area contributed by atoms with Crippen LogP contribution < -0.4 is 9.62 Å². The molecule has 32 heavy (non-hydrogen) atoms.